The Morgan fingerprint density at radius 1 is 0.903 bits per heavy atom. The number of rotatable bonds is 7. The minimum absolute atomic E-state index is 0.289. The summed E-state index contributed by atoms with van der Waals surface area (Å²) in [5.41, 5.74) is 4.34. The molecule has 0 saturated heterocycles. The van der Waals surface area contributed by atoms with Crippen molar-refractivity contribution in [2.75, 3.05) is 19.5 Å². The van der Waals surface area contributed by atoms with E-state index >= 15 is 0 Å². The molecule has 3 rings (SSSR count). The predicted octanol–water partition coefficient (Wildman–Crippen LogP) is 4.48. The summed E-state index contributed by atoms with van der Waals surface area (Å²) in [5.74, 6) is 0.378. The predicted molar refractivity (Wildman–Crippen MR) is 123 cm³/mol. The number of carbonyl (C=O) groups is 2. The van der Waals surface area contributed by atoms with E-state index in [0.29, 0.717) is 22.7 Å². The zero-order valence-corrected chi connectivity index (χ0v) is 18.5. The van der Waals surface area contributed by atoms with Gasteiger partial charge in [0.25, 0.3) is 11.8 Å². The number of halogens is 1. The second-order valence-electron chi connectivity index (χ2n) is 6.32. The quantitative estimate of drug-likeness (QED) is 0.384. The van der Waals surface area contributed by atoms with Gasteiger partial charge in [0, 0.05) is 10.0 Å². The van der Waals surface area contributed by atoms with Gasteiger partial charge in [-0.25, -0.2) is 5.43 Å². The molecule has 2 amide bonds. The van der Waals surface area contributed by atoms with E-state index < -0.39 is 5.91 Å². The standard InChI is InChI=1S/C23H20BrN3O4/c1-30-20-12-7-15(13-21(20)31-2)14-25-27-23(29)18-5-3-4-6-19(18)26-22(28)16-8-10-17(24)11-9-16/h3-14H,1-2H3,(H,26,28)(H,27,29)/b25-14+. The Morgan fingerprint density at radius 3 is 2.32 bits per heavy atom. The molecule has 0 radical (unpaired) electrons. The molecule has 0 spiro atoms. The van der Waals surface area contributed by atoms with Gasteiger partial charge in [-0.05, 0) is 60.2 Å². The van der Waals surface area contributed by atoms with Crippen molar-refractivity contribution in [3.05, 3.63) is 87.9 Å². The van der Waals surface area contributed by atoms with Crippen molar-refractivity contribution in [2.45, 2.75) is 0 Å². The number of carbonyl (C=O) groups excluding carboxylic acids is 2. The van der Waals surface area contributed by atoms with Crippen molar-refractivity contribution in [3.8, 4) is 11.5 Å². The normalized spacial score (nSPS) is 10.5. The Hall–Kier alpha value is -3.65. The number of nitrogens with zero attached hydrogens (tertiary/aromatic N) is 1. The number of hydrogen-bond donors (Lipinski definition) is 2. The number of ether oxygens (including phenoxy) is 2. The monoisotopic (exact) mass is 481 g/mol. The highest BCUT2D eigenvalue weighted by Gasteiger charge is 2.14. The number of hydrazone groups is 1. The molecule has 0 aliphatic rings. The van der Waals surface area contributed by atoms with Crippen molar-refractivity contribution >= 4 is 39.6 Å². The maximum Gasteiger partial charge on any atom is 0.273 e. The number of methoxy groups -OCH3 is 2. The zero-order chi connectivity index (χ0) is 22.2. The molecule has 0 aromatic heterocycles. The van der Waals surface area contributed by atoms with Crippen LogP contribution in [0.5, 0.6) is 11.5 Å². The average molecular weight is 482 g/mol. The third-order valence-electron chi connectivity index (χ3n) is 4.31. The third-order valence-corrected chi connectivity index (χ3v) is 4.84. The first kappa shape index (κ1) is 22.0. The summed E-state index contributed by atoms with van der Waals surface area (Å²) in [5, 5.41) is 6.76. The van der Waals surface area contributed by atoms with Crippen LogP contribution in [0.15, 0.2) is 76.3 Å². The van der Waals surface area contributed by atoms with E-state index in [4.69, 9.17) is 9.47 Å². The highest BCUT2D eigenvalue weighted by Crippen LogP contribution is 2.26. The molecule has 158 valence electrons. The first-order valence-corrected chi connectivity index (χ1v) is 10.0. The topological polar surface area (TPSA) is 89.0 Å². The van der Waals surface area contributed by atoms with Crippen LogP contribution in [0, 0.1) is 0 Å². The number of amides is 2. The second kappa shape index (κ2) is 10.4. The summed E-state index contributed by atoms with van der Waals surface area (Å²) in [4.78, 5) is 25.1. The van der Waals surface area contributed by atoms with Gasteiger partial charge in [0.15, 0.2) is 11.5 Å². The van der Waals surface area contributed by atoms with E-state index in [1.54, 1.807) is 80.9 Å². The van der Waals surface area contributed by atoms with E-state index in [9.17, 15) is 9.59 Å². The fourth-order valence-corrected chi connectivity index (χ4v) is 3.01. The van der Waals surface area contributed by atoms with E-state index in [1.165, 1.54) is 6.21 Å². The van der Waals surface area contributed by atoms with Gasteiger partial charge < -0.3 is 14.8 Å². The smallest absolute Gasteiger partial charge is 0.273 e. The van der Waals surface area contributed by atoms with Crippen LogP contribution in [0.3, 0.4) is 0 Å². The van der Waals surface area contributed by atoms with Crippen LogP contribution in [-0.2, 0) is 0 Å². The molecule has 7 nitrogen and oxygen atoms in total. The second-order valence-corrected chi connectivity index (χ2v) is 7.24. The van der Waals surface area contributed by atoms with Crippen LogP contribution in [0.1, 0.15) is 26.3 Å². The van der Waals surface area contributed by atoms with Crippen LogP contribution >= 0.6 is 15.9 Å². The van der Waals surface area contributed by atoms with Crippen molar-refractivity contribution in [1.29, 1.82) is 0 Å². The Labute approximate surface area is 188 Å². The zero-order valence-electron chi connectivity index (χ0n) is 16.9. The van der Waals surface area contributed by atoms with Crippen molar-refractivity contribution < 1.29 is 19.1 Å². The lowest BCUT2D eigenvalue weighted by Crippen LogP contribution is -2.21. The van der Waals surface area contributed by atoms with Gasteiger partial charge in [-0.2, -0.15) is 5.10 Å². The van der Waals surface area contributed by atoms with Gasteiger partial charge >= 0.3 is 0 Å². The summed E-state index contributed by atoms with van der Waals surface area (Å²) in [6.07, 6.45) is 1.49. The Kier molecular flexibility index (Phi) is 7.40. The van der Waals surface area contributed by atoms with Crippen molar-refractivity contribution in [3.63, 3.8) is 0 Å². The molecule has 0 heterocycles. The number of para-hydroxylation sites is 1. The first-order chi connectivity index (χ1) is 15.0. The number of hydrogen-bond acceptors (Lipinski definition) is 5. The van der Waals surface area contributed by atoms with Gasteiger partial charge in [0.2, 0.25) is 0 Å². The maximum atomic E-state index is 12.6. The highest BCUT2D eigenvalue weighted by atomic mass is 79.9. The fraction of sp³-hybridized carbons (Fsp3) is 0.0870. The van der Waals surface area contributed by atoms with Crippen LogP contribution in [0.2, 0.25) is 0 Å². The number of benzene rings is 3. The average Bonchev–Trinajstić information content (AvgIpc) is 2.79. The Morgan fingerprint density at radius 2 is 1.61 bits per heavy atom. The van der Waals surface area contributed by atoms with E-state index in [1.807, 2.05) is 0 Å². The molecule has 0 unspecified atom stereocenters. The molecule has 0 saturated carbocycles. The van der Waals surface area contributed by atoms with E-state index in [-0.39, 0.29) is 11.5 Å². The molecule has 3 aromatic rings. The summed E-state index contributed by atoms with van der Waals surface area (Å²) in [7, 11) is 3.10. The molecule has 0 aliphatic carbocycles. The molecule has 8 heteroatoms. The summed E-state index contributed by atoms with van der Waals surface area (Å²) >= 11 is 3.34. The van der Waals surface area contributed by atoms with Crippen LogP contribution < -0.4 is 20.2 Å². The highest BCUT2D eigenvalue weighted by molar-refractivity contribution is 9.10. The van der Waals surface area contributed by atoms with Gasteiger partial charge in [0.05, 0.1) is 31.7 Å². The maximum absolute atomic E-state index is 12.6. The Balaban J connectivity index is 1.70. The molecule has 0 bridgehead atoms. The third kappa shape index (κ3) is 5.70. The molecule has 2 N–H and O–H groups in total. The van der Waals surface area contributed by atoms with Gasteiger partial charge in [-0.3, -0.25) is 9.59 Å². The molecule has 3 aromatic carbocycles. The summed E-state index contributed by atoms with van der Waals surface area (Å²) in [6.45, 7) is 0. The first-order valence-electron chi connectivity index (χ1n) is 9.23. The molecular weight excluding hydrogens is 462 g/mol. The fourth-order valence-electron chi connectivity index (χ4n) is 2.74. The van der Waals surface area contributed by atoms with Gasteiger partial charge in [0.1, 0.15) is 0 Å². The molecule has 31 heavy (non-hydrogen) atoms. The van der Waals surface area contributed by atoms with Gasteiger partial charge in [-0.15, -0.1) is 0 Å². The summed E-state index contributed by atoms with van der Waals surface area (Å²) < 4.78 is 11.3. The molecule has 0 atom stereocenters. The minimum Gasteiger partial charge on any atom is -0.493 e. The Bertz CT molecular complexity index is 1110. The minimum atomic E-state index is -0.455. The largest absolute Gasteiger partial charge is 0.493 e. The lowest BCUT2D eigenvalue weighted by Gasteiger charge is -2.10. The SMILES string of the molecule is COc1ccc(/C=N/NC(=O)c2ccccc2NC(=O)c2ccc(Br)cc2)cc1OC. The van der Waals surface area contributed by atoms with Crippen molar-refractivity contribution in [1.82, 2.24) is 5.43 Å². The molecule has 0 fully saturated rings. The lowest BCUT2D eigenvalue weighted by molar-refractivity contribution is 0.0956. The van der Waals surface area contributed by atoms with Crippen LogP contribution in [-0.4, -0.2) is 32.2 Å². The summed E-state index contributed by atoms with van der Waals surface area (Å²) in [6, 6.07) is 18.9. The number of nitrogens with one attached hydrogen (secondary N) is 2. The van der Waals surface area contributed by atoms with Gasteiger partial charge in [-0.1, -0.05) is 28.1 Å². The lowest BCUT2D eigenvalue weighted by atomic mass is 10.1. The number of anilines is 1. The van der Waals surface area contributed by atoms with E-state index in [0.717, 1.165) is 10.0 Å². The van der Waals surface area contributed by atoms with Crippen molar-refractivity contribution in [2.24, 2.45) is 5.10 Å². The van der Waals surface area contributed by atoms with Crippen LogP contribution in [0.25, 0.3) is 0 Å². The molecular formula is C23H20BrN3O4. The van der Waals surface area contributed by atoms with E-state index in [2.05, 4.69) is 31.8 Å². The molecule has 0 aliphatic heterocycles. The van der Waals surface area contributed by atoms with Crippen LogP contribution in [0.4, 0.5) is 5.69 Å².